The average Bonchev–Trinajstić information content (AvgIpc) is 2.73. The summed E-state index contributed by atoms with van der Waals surface area (Å²) >= 11 is 0. The van der Waals surface area contributed by atoms with Crippen molar-refractivity contribution in [3.05, 3.63) is 77.9 Å². The van der Waals surface area contributed by atoms with E-state index in [4.69, 9.17) is 9.47 Å². The van der Waals surface area contributed by atoms with Crippen molar-refractivity contribution in [2.45, 2.75) is 6.54 Å². The molecule has 6 nitrogen and oxygen atoms in total. The number of methoxy groups -OCH3 is 2. The molecular formula is C21H20FN3O3. The molecule has 1 amide bonds. The predicted octanol–water partition coefficient (Wildman–Crippen LogP) is 3.91. The van der Waals surface area contributed by atoms with Crippen molar-refractivity contribution in [1.29, 1.82) is 0 Å². The number of aromatic nitrogens is 1. The second-order valence-corrected chi connectivity index (χ2v) is 5.93. The van der Waals surface area contributed by atoms with Gasteiger partial charge in [-0.05, 0) is 42.0 Å². The van der Waals surface area contributed by atoms with Crippen LogP contribution in [0.2, 0.25) is 0 Å². The molecule has 3 aromatic rings. The zero-order valence-corrected chi connectivity index (χ0v) is 15.5. The first kappa shape index (κ1) is 19.2. The number of benzene rings is 2. The van der Waals surface area contributed by atoms with Crippen LogP contribution in [0.1, 0.15) is 16.1 Å². The van der Waals surface area contributed by atoms with Crippen LogP contribution in [0.3, 0.4) is 0 Å². The number of nitrogens with zero attached hydrogens (tertiary/aromatic N) is 1. The van der Waals surface area contributed by atoms with Gasteiger partial charge in [0.05, 0.1) is 19.9 Å². The van der Waals surface area contributed by atoms with E-state index >= 15 is 0 Å². The van der Waals surface area contributed by atoms with Crippen LogP contribution < -0.4 is 20.1 Å². The average molecular weight is 381 g/mol. The maximum absolute atomic E-state index is 13.0. The summed E-state index contributed by atoms with van der Waals surface area (Å²) in [6.45, 7) is 0.280. The van der Waals surface area contributed by atoms with Gasteiger partial charge in [0.15, 0.2) is 0 Å². The minimum absolute atomic E-state index is 0.258. The molecule has 0 fully saturated rings. The Morgan fingerprint density at radius 3 is 2.54 bits per heavy atom. The molecular weight excluding hydrogens is 361 g/mol. The van der Waals surface area contributed by atoms with Gasteiger partial charge in [-0.1, -0.05) is 12.1 Å². The minimum Gasteiger partial charge on any atom is -0.497 e. The second-order valence-electron chi connectivity index (χ2n) is 5.93. The Balaban J connectivity index is 1.71. The van der Waals surface area contributed by atoms with Crippen LogP contribution in [-0.2, 0) is 6.54 Å². The lowest BCUT2D eigenvalue weighted by Gasteiger charge is -2.13. The number of amides is 1. The Bertz CT molecular complexity index is 961. The van der Waals surface area contributed by atoms with Crippen LogP contribution in [-0.4, -0.2) is 25.1 Å². The molecule has 2 N–H and O–H groups in total. The molecule has 2 aromatic carbocycles. The fraction of sp³-hybridized carbons (Fsp3) is 0.143. The smallest absolute Gasteiger partial charge is 0.270 e. The lowest BCUT2D eigenvalue weighted by Crippen LogP contribution is -2.23. The van der Waals surface area contributed by atoms with Crippen molar-refractivity contribution in [3.8, 4) is 11.5 Å². The van der Waals surface area contributed by atoms with Gasteiger partial charge >= 0.3 is 0 Å². The third-order valence-corrected chi connectivity index (χ3v) is 4.04. The van der Waals surface area contributed by atoms with Gasteiger partial charge in [0.25, 0.3) is 5.91 Å². The van der Waals surface area contributed by atoms with Gasteiger partial charge in [-0.15, -0.1) is 0 Å². The van der Waals surface area contributed by atoms with Gasteiger partial charge < -0.3 is 20.1 Å². The van der Waals surface area contributed by atoms with Crippen LogP contribution in [0, 0.1) is 5.82 Å². The molecule has 0 aliphatic rings. The summed E-state index contributed by atoms with van der Waals surface area (Å²) in [5.74, 6) is 0.670. The summed E-state index contributed by atoms with van der Waals surface area (Å²) in [5.41, 5.74) is 2.43. The predicted molar refractivity (Wildman–Crippen MR) is 105 cm³/mol. The van der Waals surface area contributed by atoms with Crippen molar-refractivity contribution in [2.75, 3.05) is 19.5 Å². The highest BCUT2D eigenvalue weighted by Gasteiger charge is 2.10. The summed E-state index contributed by atoms with van der Waals surface area (Å²) in [7, 11) is 3.16. The molecule has 1 heterocycles. The molecule has 0 saturated carbocycles. The number of carbonyl (C=O) groups excluding carboxylic acids is 1. The van der Waals surface area contributed by atoms with E-state index in [0.717, 1.165) is 5.56 Å². The first-order valence-corrected chi connectivity index (χ1v) is 8.57. The quantitative estimate of drug-likeness (QED) is 0.649. The molecule has 0 saturated heterocycles. The van der Waals surface area contributed by atoms with Crippen LogP contribution >= 0.6 is 0 Å². The normalized spacial score (nSPS) is 10.2. The highest BCUT2D eigenvalue weighted by Crippen LogP contribution is 2.31. The summed E-state index contributed by atoms with van der Waals surface area (Å²) in [5, 5.41) is 5.98. The van der Waals surface area contributed by atoms with E-state index in [9.17, 15) is 9.18 Å². The Morgan fingerprint density at radius 2 is 1.82 bits per heavy atom. The van der Waals surface area contributed by atoms with Crippen LogP contribution in [0.25, 0.3) is 0 Å². The first-order chi connectivity index (χ1) is 13.6. The molecule has 28 heavy (non-hydrogen) atoms. The summed E-state index contributed by atoms with van der Waals surface area (Å²) in [6, 6.07) is 14.7. The monoisotopic (exact) mass is 381 g/mol. The number of carbonyl (C=O) groups is 1. The maximum atomic E-state index is 13.0. The Hall–Kier alpha value is -3.61. The lowest BCUT2D eigenvalue weighted by molar-refractivity contribution is 0.0946. The molecule has 7 heteroatoms. The fourth-order valence-electron chi connectivity index (χ4n) is 2.57. The van der Waals surface area contributed by atoms with Crippen molar-refractivity contribution in [3.63, 3.8) is 0 Å². The number of rotatable bonds is 7. The number of nitrogens with one attached hydrogen (secondary N) is 2. The SMILES string of the molecule is COc1ccc(OC)c(Nc2ccnc(C(=O)NCc3ccc(F)cc3)c2)c1. The number of anilines is 2. The minimum atomic E-state index is -0.328. The standard InChI is InChI=1S/C21H20FN3O3/c1-27-17-7-8-20(28-2)18(12-17)25-16-9-10-23-19(11-16)21(26)24-13-14-3-5-15(22)6-4-14/h3-12H,13H2,1-2H3,(H,23,25)(H,24,26). The molecule has 0 bridgehead atoms. The van der Waals surface area contributed by atoms with E-state index in [2.05, 4.69) is 15.6 Å². The van der Waals surface area contributed by atoms with E-state index in [0.29, 0.717) is 22.9 Å². The molecule has 3 rings (SSSR count). The largest absolute Gasteiger partial charge is 0.497 e. The topological polar surface area (TPSA) is 72.5 Å². The van der Waals surface area contributed by atoms with E-state index < -0.39 is 0 Å². The van der Waals surface area contributed by atoms with E-state index in [1.807, 2.05) is 0 Å². The zero-order valence-electron chi connectivity index (χ0n) is 15.5. The molecule has 0 radical (unpaired) electrons. The molecule has 0 aliphatic carbocycles. The van der Waals surface area contributed by atoms with Gasteiger partial charge in [0, 0.05) is 24.5 Å². The first-order valence-electron chi connectivity index (χ1n) is 8.57. The van der Waals surface area contributed by atoms with Crippen LogP contribution in [0.4, 0.5) is 15.8 Å². The number of halogens is 1. The summed E-state index contributed by atoms with van der Waals surface area (Å²) in [4.78, 5) is 16.5. The molecule has 0 atom stereocenters. The van der Waals surface area contributed by atoms with Gasteiger partial charge in [-0.3, -0.25) is 9.78 Å². The third-order valence-electron chi connectivity index (χ3n) is 4.04. The molecule has 144 valence electrons. The zero-order chi connectivity index (χ0) is 19.9. The highest BCUT2D eigenvalue weighted by molar-refractivity contribution is 5.93. The summed E-state index contributed by atoms with van der Waals surface area (Å²) < 4.78 is 23.5. The van der Waals surface area contributed by atoms with E-state index in [1.54, 1.807) is 62.9 Å². The van der Waals surface area contributed by atoms with Crippen molar-refractivity contribution in [2.24, 2.45) is 0 Å². The van der Waals surface area contributed by atoms with Crippen molar-refractivity contribution in [1.82, 2.24) is 10.3 Å². The number of hydrogen-bond acceptors (Lipinski definition) is 5. The lowest BCUT2D eigenvalue weighted by atomic mass is 10.2. The fourth-order valence-corrected chi connectivity index (χ4v) is 2.57. The highest BCUT2D eigenvalue weighted by atomic mass is 19.1. The molecule has 0 spiro atoms. The molecule has 1 aromatic heterocycles. The summed E-state index contributed by atoms with van der Waals surface area (Å²) in [6.07, 6.45) is 1.54. The molecule has 0 aliphatic heterocycles. The molecule has 0 unspecified atom stereocenters. The maximum Gasteiger partial charge on any atom is 0.270 e. The van der Waals surface area contributed by atoms with Crippen LogP contribution in [0.15, 0.2) is 60.8 Å². The second kappa shape index (κ2) is 8.85. The van der Waals surface area contributed by atoms with Crippen molar-refractivity contribution >= 4 is 17.3 Å². The number of ether oxygens (including phenoxy) is 2. The number of hydrogen-bond donors (Lipinski definition) is 2. The van der Waals surface area contributed by atoms with Crippen LogP contribution in [0.5, 0.6) is 11.5 Å². The van der Waals surface area contributed by atoms with E-state index in [-0.39, 0.29) is 24.0 Å². The number of pyridine rings is 1. The Labute approximate surface area is 162 Å². The van der Waals surface area contributed by atoms with Crippen molar-refractivity contribution < 1.29 is 18.7 Å². The Kier molecular flexibility index (Phi) is 6.06. The van der Waals surface area contributed by atoms with Gasteiger partial charge in [0.2, 0.25) is 0 Å². The van der Waals surface area contributed by atoms with Gasteiger partial charge in [-0.2, -0.15) is 0 Å². The Morgan fingerprint density at radius 1 is 1.04 bits per heavy atom. The third kappa shape index (κ3) is 4.76. The van der Waals surface area contributed by atoms with Gasteiger partial charge in [-0.25, -0.2) is 4.39 Å². The van der Waals surface area contributed by atoms with E-state index in [1.165, 1.54) is 12.1 Å². The van der Waals surface area contributed by atoms with Gasteiger partial charge in [0.1, 0.15) is 23.0 Å².